The summed E-state index contributed by atoms with van der Waals surface area (Å²) in [4.78, 5) is 37.0. The minimum atomic E-state index is -0.406. The Bertz CT molecular complexity index is 952. The van der Waals surface area contributed by atoms with Gasteiger partial charge in [-0.25, -0.2) is 4.39 Å². The lowest BCUT2D eigenvalue weighted by Crippen LogP contribution is -2.38. The minimum Gasteiger partial charge on any atom is -0.354 e. The van der Waals surface area contributed by atoms with Gasteiger partial charge in [-0.2, -0.15) is 0 Å². The number of amides is 3. The Balaban J connectivity index is 1.35. The molecular formula is C27H34FN3O3. The number of rotatable bonds is 10. The topological polar surface area (TPSA) is 87.3 Å². The Morgan fingerprint density at radius 2 is 1.41 bits per heavy atom. The summed E-state index contributed by atoms with van der Waals surface area (Å²) in [5.74, 6) is -0.0671. The summed E-state index contributed by atoms with van der Waals surface area (Å²) in [6.45, 7) is 2.95. The summed E-state index contributed by atoms with van der Waals surface area (Å²) in [5.41, 5.74) is 1.33. The normalized spacial score (nSPS) is 17.6. The lowest BCUT2D eigenvalue weighted by molar-refractivity contribution is -0.126. The van der Waals surface area contributed by atoms with E-state index in [2.05, 4.69) is 22.9 Å². The average molecular weight is 468 g/mol. The molecule has 0 aromatic heterocycles. The van der Waals surface area contributed by atoms with Crippen molar-refractivity contribution in [1.29, 1.82) is 0 Å². The molecule has 3 rings (SSSR count). The van der Waals surface area contributed by atoms with Gasteiger partial charge in [0.05, 0.1) is 0 Å². The maximum Gasteiger partial charge on any atom is 0.255 e. The fraction of sp³-hybridized carbons (Fsp3) is 0.444. The van der Waals surface area contributed by atoms with Crippen LogP contribution in [-0.2, 0) is 4.79 Å². The van der Waals surface area contributed by atoms with Gasteiger partial charge in [0, 0.05) is 35.8 Å². The van der Waals surface area contributed by atoms with Crippen molar-refractivity contribution < 1.29 is 18.8 Å². The number of unbranched alkanes of at least 4 members (excludes halogenated alkanes) is 1. The lowest BCUT2D eigenvalue weighted by atomic mass is 9.79. The van der Waals surface area contributed by atoms with Crippen molar-refractivity contribution in [3.63, 3.8) is 0 Å². The molecule has 0 unspecified atom stereocenters. The summed E-state index contributed by atoms with van der Waals surface area (Å²) in [6.07, 6.45) is 7.95. The fourth-order valence-electron chi connectivity index (χ4n) is 4.32. The predicted molar refractivity (Wildman–Crippen MR) is 131 cm³/mol. The second kappa shape index (κ2) is 12.9. The summed E-state index contributed by atoms with van der Waals surface area (Å²) in [7, 11) is 0. The number of benzene rings is 2. The zero-order valence-corrected chi connectivity index (χ0v) is 19.7. The van der Waals surface area contributed by atoms with Gasteiger partial charge in [0.25, 0.3) is 11.8 Å². The number of nitrogens with one attached hydrogen (secondary N) is 3. The highest BCUT2D eigenvalue weighted by Crippen LogP contribution is 2.31. The van der Waals surface area contributed by atoms with Crippen LogP contribution < -0.4 is 16.0 Å². The molecule has 1 aliphatic carbocycles. The molecule has 2 aromatic carbocycles. The molecule has 1 aliphatic rings. The van der Waals surface area contributed by atoms with Gasteiger partial charge in [-0.15, -0.1) is 0 Å². The number of anilines is 1. The monoisotopic (exact) mass is 467 g/mol. The minimum absolute atomic E-state index is 0.0874. The van der Waals surface area contributed by atoms with Gasteiger partial charge in [0.15, 0.2) is 0 Å². The molecule has 0 atom stereocenters. The van der Waals surface area contributed by atoms with Crippen molar-refractivity contribution in [3.05, 3.63) is 65.5 Å². The molecule has 34 heavy (non-hydrogen) atoms. The Morgan fingerprint density at radius 3 is 2.06 bits per heavy atom. The molecule has 1 saturated carbocycles. The highest BCUT2D eigenvalue weighted by Gasteiger charge is 2.25. The second-order valence-electron chi connectivity index (χ2n) is 8.95. The van der Waals surface area contributed by atoms with Gasteiger partial charge >= 0.3 is 0 Å². The largest absolute Gasteiger partial charge is 0.354 e. The van der Waals surface area contributed by atoms with Crippen LogP contribution >= 0.6 is 0 Å². The molecule has 0 heterocycles. The molecule has 3 amide bonds. The zero-order valence-electron chi connectivity index (χ0n) is 19.7. The van der Waals surface area contributed by atoms with E-state index in [0.717, 1.165) is 31.6 Å². The summed E-state index contributed by atoms with van der Waals surface area (Å²) >= 11 is 0. The van der Waals surface area contributed by atoms with Crippen molar-refractivity contribution in [2.75, 3.05) is 18.4 Å². The average Bonchev–Trinajstić information content (AvgIpc) is 2.86. The van der Waals surface area contributed by atoms with E-state index in [1.165, 1.54) is 43.5 Å². The fourth-order valence-corrected chi connectivity index (χ4v) is 4.32. The maximum absolute atomic E-state index is 13.0. The van der Waals surface area contributed by atoms with Crippen molar-refractivity contribution in [1.82, 2.24) is 10.6 Å². The molecule has 0 spiro atoms. The lowest BCUT2D eigenvalue weighted by Gasteiger charge is -2.27. The first kappa shape index (κ1) is 25.4. The molecule has 0 aliphatic heterocycles. The zero-order chi connectivity index (χ0) is 24.3. The second-order valence-corrected chi connectivity index (χ2v) is 8.95. The first-order valence-corrected chi connectivity index (χ1v) is 12.2. The summed E-state index contributed by atoms with van der Waals surface area (Å²) in [6, 6.07) is 11.8. The van der Waals surface area contributed by atoms with Crippen LogP contribution in [0.2, 0.25) is 0 Å². The molecular weight excluding hydrogens is 433 g/mol. The van der Waals surface area contributed by atoms with E-state index in [1.54, 1.807) is 24.3 Å². The molecule has 7 heteroatoms. The SMILES string of the molecule is CCCCC1CCC(C(=O)NCCNC(=O)c2ccc(NC(=O)c3ccc(F)cc3)cc2)CC1. The number of hydrogen-bond acceptors (Lipinski definition) is 3. The summed E-state index contributed by atoms with van der Waals surface area (Å²) < 4.78 is 13.0. The Labute approximate surface area is 200 Å². The van der Waals surface area contributed by atoms with Crippen LogP contribution in [0.5, 0.6) is 0 Å². The molecule has 1 fully saturated rings. The van der Waals surface area contributed by atoms with Crippen LogP contribution in [0.25, 0.3) is 0 Å². The highest BCUT2D eigenvalue weighted by molar-refractivity contribution is 6.04. The van der Waals surface area contributed by atoms with Gasteiger partial charge in [0.2, 0.25) is 5.91 Å². The van der Waals surface area contributed by atoms with Crippen LogP contribution in [0, 0.1) is 17.7 Å². The Morgan fingerprint density at radius 1 is 0.824 bits per heavy atom. The quantitative estimate of drug-likeness (QED) is 0.434. The third-order valence-electron chi connectivity index (χ3n) is 6.40. The van der Waals surface area contributed by atoms with Gasteiger partial charge in [-0.05, 0) is 80.1 Å². The van der Waals surface area contributed by atoms with E-state index in [0.29, 0.717) is 29.9 Å². The molecule has 3 N–H and O–H groups in total. The van der Waals surface area contributed by atoms with E-state index in [4.69, 9.17) is 0 Å². The standard InChI is InChI=1S/C27H34FN3O3/c1-2-3-4-19-5-7-20(8-6-19)25(32)29-17-18-30-26(33)21-11-15-24(16-12-21)31-27(34)22-9-13-23(28)14-10-22/h9-16,19-20H,2-8,17-18H2,1H3,(H,29,32)(H,30,33)(H,31,34). The molecule has 2 aromatic rings. The van der Waals surface area contributed by atoms with Crippen molar-refractivity contribution in [2.24, 2.45) is 11.8 Å². The summed E-state index contributed by atoms with van der Waals surface area (Å²) in [5, 5.41) is 8.46. The predicted octanol–water partition coefficient (Wildman–Crippen LogP) is 4.92. The maximum atomic E-state index is 13.0. The molecule has 0 saturated heterocycles. The van der Waals surface area contributed by atoms with Crippen LogP contribution in [0.1, 0.15) is 72.6 Å². The number of halogens is 1. The number of carbonyl (C=O) groups is 3. The first-order valence-electron chi connectivity index (χ1n) is 12.2. The van der Waals surface area contributed by atoms with Gasteiger partial charge in [-0.1, -0.05) is 26.2 Å². The van der Waals surface area contributed by atoms with Gasteiger partial charge in [0.1, 0.15) is 5.82 Å². The van der Waals surface area contributed by atoms with Crippen molar-refractivity contribution in [3.8, 4) is 0 Å². The van der Waals surface area contributed by atoms with Crippen LogP contribution in [0.3, 0.4) is 0 Å². The van der Waals surface area contributed by atoms with Crippen LogP contribution in [0.15, 0.2) is 48.5 Å². The van der Waals surface area contributed by atoms with Crippen LogP contribution in [-0.4, -0.2) is 30.8 Å². The smallest absolute Gasteiger partial charge is 0.255 e. The Kier molecular flexibility index (Phi) is 9.62. The molecule has 0 radical (unpaired) electrons. The highest BCUT2D eigenvalue weighted by atomic mass is 19.1. The third kappa shape index (κ3) is 7.68. The van der Waals surface area contributed by atoms with Crippen molar-refractivity contribution in [2.45, 2.75) is 51.9 Å². The molecule has 182 valence electrons. The van der Waals surface area contributed by atoms with E-state index in [-0.39, 0.29) is 23.6 Å². The van der Waals surface area contributed by atoms with E-state index in [9.17, 15) is 18.8 Å². The van der Waals surface area contributed by atoms with E-state index in [1.807, 2.05) is 0 Å². The van der Waals surface area contributed by atoms with E-state index < -0.39 is 5.82 Å². The van der Waals surface area contributed by atoms with Gasteiger partial charge < -0.3 is 16.0 Å². The van der Waals surface area contributed by atoms with Crippen molar-refractivity contribution >= 4 is 23.4 Å². The van der Waals surface area contributed by atoms with Gasteiger partial charge in [-0.3, -0.25) is 14.4 Å². The molecule has 0 bridgehead atoms. The van der Waals surface area contributed by atoms with Crippen LogP contribution in [0.4, 0.5) is 10.1 Å². The Hall–Kier alpha value is -3.22. The van der Waals surface area contributed by atoms with E-state index >= 15 is 0 Å². The molecule has 6 nitrogen and oxygen atoms in total. The first-order chi connectivity index (χ1) is 16.5. The number of carbonyl (C=O) groups excluding carboxylic acids is 3. The number of hydrogen-bond donors (Lipinski definition) is 3. The third-order valence-corrected chi connectivity index (χ3v) is 6.40.